The Hall–Kier alpha value is -4.19. The van der Waals surface area contributed by atoms with Crippen molar-refractivity contribution in [2.45, 2.75) is 0 Å². The lowest BCUT2D eigenvalue weighted by atomic mass is 10.0. The first-order valence-corrected chi connectivity index (χ1v) is 9.59. The molecule has 0 atom stereocenters. The largest absolute Gasteiger partial charge is 0.497 e. The standard InChI is InChI=1S/C25H20NO5/c1-29-22-10-6-17(7-11-22)24-15-20(19-4-3-5-21(14-19)26(27)28)16-25(31-24)18-8-12-23(30-2)13-9-18/h3-16H,1-2H3/q+1. The minimum absolute atomic E-state index is 0.0373. The molecule has 6 heteroatoms. The zero-order valence-corrected chi connectivity index (χ0v) is 17.1. The van der Waals surface area contributed by atoms with Gasteiger partial charge in [0, 0.05) is 17.7 Å². The van der Waals surface area contributed by atoms with Gasteiger partial charge in [-0.05, 0) is 54.1 Å². The Labute approximate surface area is 179 Å². The lowest BCUT2D eigenvalue weighted by molar-refractivity contribution is -0.384. The van der Waals surface area contributed by atoms with Gasteiger partial charge in [0.1, 0.15) is 11.5 Å². The second kappa shape index (κ2) is 8.67. The van der Waals surface area contributed by atoms with Crippen LogP contribution in [0.1, 0.15) is 0 Å². The molecule has 4 aromatic rings. The fraction of sp³-hybridized carbons (Fsp3) is 0.0800. The SMILES string of the molecule is COc1ccc(-c2cc(-c3cccc([N+](=O)[O-])c3)cc(-c3ccc(OC)cc3)[o+]2)cc1. The number of nitrogens with zero attached hydrogens (tertiary/aromatic N) is 1. The third kappa shape index (κ3) is 4.38. The third-order valence-corrected chi connectivity index (χ3v) is 4.93. The first-order valence-electron chi connectivity index (χ1n) is 9.59. The van der Waals surface area contributed by atoms with E-state index in [2.05, 4.69) is 0 Å². The van der Waals surface area contributed by atoms with Crippen LogP contribution in [-0.2, 0) is 0 Å². The summed E-state index contributed by atoms with van der Waals surface area (Å²) in [7, 11) is 3.23. The zero-order chi connectivity index (χ0) is 21.8. The van der Waals surface area contributed by atoms with Gasteiger partial charge in [-0.25, -0.2) is 4.42 Å². The molecule has 6 nitrogen and oxygen atoms in total. The van der Waals surface area contributed by atoms with Gasteiger partial charge >= 0.3 is 11.5 Å². The first kappa shape index (κ1) is 20.1. The Bertz CT molecular complexity index is 1150. The van der Waals surface area contributed by atoms with Gasteiger partial charge in [-0.1, -0.05) is 12.1 Å². The molecule has 0 aliphatic heterocycles. The Kier molecular flexibility index (Phi) is 5.62. The molecule has 0 fully saturated rings. The van der Waals surface area contributed by atoms with Crippen molar-refractivity contribution in [3.63, 3.8) is 0 Å². The monoisotopic (exact) mass is 414 g/mol. The van der Waals surface area contributed by atoms with Crippen LogP contribution in [0.5, 0.6) is 11.5 Å². The smallest absolute Gasteiger partial charge is 0.361 e. The number of hydrogen-bond donors (Lipinski definition) is 0. The summed E-state index contributed by atoms with van der Waals surface area (Å²) in [5.74, 6) is 2.76. The average Bonchev–Trinajstić information content (AvgIpc) is 2.84. The van der Waals surface area contributed by atoms with Gasteiger partial charge in [-0.3, -0.25) is 10.1 Å². The first-order chi connectivity index (χ1) is 15.1. The van der Waals surface area contributed by atoms with Crippen molar-refractivity contribution in [2.24, 2.45) is 0 Å². The van der Waals surface area contributed by atoms with Gasteiger partial charge in [0.2, 0.25) is 0 Å². The zero-order valence-electron chi connectivity index (χ0n) is 17.1. The van der Waals surface area contributed by atoms with Crippen LogP contribution in [0.4, 0.5) is 5.69 Å². The summed E-state index contributed by atoms with van der Waals surface area (Å²) in [6.45, 7) is 0. The van der Waals surface area contributed by atoms with Gasteiger partial charge in [0.25, 0.3) is 5.69 Å². The lowest BCUT2D eigenvalue weighted by Crippen LogP contribution is -1.90. The second-order valence-corrected chi connectivity index (χ2v) is 6.84. The Morgan fingerprint density at radius 3 is 1.65 bits per heavy atom. The van der Waals surface area contributed by atoms with E-state index in [1.165, 1.54) is 6.07 Å². The quantitative estimate of drug-likeness (QED) is 0.205. The van der Waals surface area contributed by atoms with E-state index in [9.17, 15) is 10.1 Å². The normalized spacial score (nSPS) is 10.5. The molecular formula is C25H20NO5+. The molecule has 0 aliphatic carbocycles. The maximum absolute atomic E-state index is 11.2. The molecule has 0 radical (unpaired) electrons. The molecule has 4 rings (SSSR count). The molecule has 0 amide bonds. The summed E-state index contributed by atoms with van der Waals surface area (Å²) >= 11 is 0. The average molecular weight is 414 g/mol. The van der Waals surface area contributed by atoms with Crippen LogP contribution < -0.4 is 9.47 Å². The molecule has 0 saturated carbocycles. The maximum Gasteiger partial charge on any atom is 0.361 e. The van der Waals surface area contributed by atoms with E-state index in [1.807, 2.05) is 66.7 Å². The second-order valence-electron chi connectivity index (χ2n) is 6.84. The molecule has 0 aliphatic rings. The van der Waals surface area contributed by atoms with Crippen LogP contribution in [0.25, 0.3) is 33.8 Å². The van der Waals surface area contributed by atoms with Crippen molar-refractivity contribution in [2.75, 3.05) is 14.2 Å². The van der Waals surface area contributed by atoms with Crippen molar-refractivity contribution in [3.8, 4) is 45.3 Å². The highest BCUT2D eigenvalue weighted by Crippen LogP contribution is 2.35. The highest BCUT2D eigenvalue weighted by molar-refractivity contribution is 5.75. The fourth-order valence-electron chi connectivity index (χ4n) is 3.26. The molecular weight excluding hydrogens is 394 g/mol. The summed E-state index contributed by atoms with van der Waals surface area (Å²) in [6.07, 6.45) is 0. The topological polar surface area (TPSA) is 72.9 Å². The summed E-state index contributed by atoms with van der Waals surface area (Å²) in [5.41, 5.74) is 3.31. The summed E-state index contributed by atoms with van der Waals surface area (Å²) < 4.78 is 16.7. The van der Waals surface area contributed by atoms with Crippen molar-refractivity contribution in [1.29, 1.82) is 0 Å². The Balaban J connectivity index is 1.87. The van der Waals surface area contributed by atoms with Gasteiger partial charge in [0.05, 0.1) is 42.4 Å². The van der Waals surface area contributed by atoms with E-state index in [4.69, 9.17) is 13.9 Å². The molecule has 154 valence electrons. The van der Waals surface area contributed by atoms with E-state index in [-0.39, 0.29) is 5.69 Å². The third-order valence-electron chi connectivity index (χ3n) is 4.93. The van der Waals surface area contributed by atoms with E-state index in [0.717, 1.165) is 33.8 Å². The van der Waals surface area contributed by atoms with Gasteiger partial charge in [-0.15, -0.1) is 0 Å². The van der Waals surface area contributed by atoms with Crippen molar-refractivity contribution in [3.05, 3.63) is 95.0 Å². The van der Waals surface area contributed by atoms with Gasteiger partial charge in [0.15, 0.2) is 0 Å². The molecule has 0 spiro atoms. The molecule has 0 bridgehead atoms. The van der Waals surface area contributed by atoms with Crippen molar-refractivity contribution < 1.29 is 18.8 Å². The highest BCUT2D eigenvalue weighted by Gasteiger charge is 2.21. The summed E-state index contributed by atoms with van der Waals surface area (Å²) in [5, 5.41) is 11.2. The predicted molar refractivity (Wildman–Crippen MR) is 119 cm³/mol. The number of nitro benzene ring substituents is 1. The van der Waals surface area contributed by atoms with Gasteiger partial charge in [-0.2, -0.15) is 0 Å². The molecule has 1 heterocycles. The molecule has 0 unspecified atom stereocenters. The predicted octanol–water partition coefficient (Wildman–Crippen LogP) is 6.49. The number of benzene rings is 3. The molecule has 31 heavy (non-hydrogen) atoms. The summed E-state index contributed by atoms with van der Waals surface area (Å²) in [4.78, 5) is 10.8. The number of non-ortho nitro benzene ring substituents is 1. The Morgan fingerprint density at radius 1 is 0.677 bits per heavy atom. The van der Waals surface area contributed by atoms with Crippen LogP contribution >= 0.6 is 0 Å². The van der Waals surface area contributed by atoms with Crippen molar-refractivity contribution >= 4 is 5.69 Å². The minimum Gasteiger partial charge on any atom is -0.497 e. The van der Waals surface area contributed by atoms with Crippen LogP contribution in [0.3, 0.4) is 0 Å². The number of rotatable bonds is 6. The number of ether oxygens (including phenoxy) is 2. The molecule has 0 saturated heterocycles. The Morgan fingerprint density at radius 2 is 1.19 bits per heavy atom. The van der Waals surface area contributed by atoms with Crippen LogP contribution in [0, 0.1) is 10.1 Å². The number of hydrogen-bond acceptors (Lipinski definition) is 4. The highest BCUT2D eigenvalue weighted by atomic mass is 16.6. The number of methoxy groups -OCH3 is 2. The molecule has 3 aromatic carbocycles. The summed E-state index contributed by atoms with van der Waals surface area (Å²) in [6, 6.07) is 25.4. The van der Waals surface area contributed by atoms with Crippen LogP contribution in [-0.4, -0.2) is 19.1 Å². The maximum atomic E-state index is 11.2. The lowest BCUT2D eigenvalue weighted by Gasteiger charge is -2.04. The van der Waals surface area contributed by atoms with Crippen LogP contribution in [0.15, 0.2) is 89.3 Å². The number of nitro groups is 1. The van der Waals surface area contributed by atoms with E-state index < -0.39 is 4.92 Å². The minimum atomic E-state index is -0.397. The van der Waals surface area contributed by atoms with Gasteiger partial charge < -0.3 is 9.47 Å². The van der Waals surface area contributed by atoms with Crippen molar-refractivity contribution in [1.82, 2.24) is 0 Å². The molecule has 1 aromatic heterocycles. The fourth-order valence-corrected chi connectivity index (χ4v) is 3.26. The van der Waals surface area contributed by atoms with Crippen LogP contribution in [0.2, 0.25) is 0 Å². The van der Waals surface area contributed by atoms with E-state index in [0.29, 0.717) is 11.5 Å². The molecule has 0 N–H and O–H groups in total. The van der Waals surface area contributed by atoms with E-state index in [1.54, 1.807) is 26.4 Å². The van der Waals surface area contributed by atoms with E-state index >= 15 is 0 Å².